The molecule has 2 aliphatic heterocycles. The second kappa shape index (κ2) is 17.0. The number of nitrogens with one attached hydrogen (secondary N) is 1. The molecule has 2 saturated heterocycles. The first-order valence-corrected chi connectivity index (χ1v) is 23.7. The van der Waals surface area contributed by atoms with Gasteiger partial charge >= 0.3 is 6.09 Å². The van der Waals surface area contributed by atoms with Crippen LogP contribution < -0.4 is 5.32 Å². The fourth-order valence-electron chi connectivity index (χ4n) is 8.31. The number of hydrogen-bond acceptors (Lipinski definition) is 9. The van der Waals surface area contributed by atoms with Crippen LogP contribution in [0.5, 0.6) is 0 Å². The smallest absolute Gasteiger partial charge is 0.410 e. The molecule has 7 aromatic rings. The molecule has 12 nitrogen and oxygen atoms in total. The van der Waals surface area contributed by atoms with Gasteiger partial charge in [-0.1, -0.05) is 74.5 Å². The third-order valence-corrected chi connectivity index (χ3v) is 14.0. The number of likely N-dealkylation sites (tertiary alicyclic amines) is 1. The van der Waals surface area contributed by atoms with E-state index in [4.69, 9.17) is 4.74 Å². The van der Waals surface area contributed by atoms with Crippen LogP contribution in [0.15, 0.2) is 119 Å². The number of hydrogen-bond donors (Lipinski definition) is 1. The summed E-state index contributed by atoms with van der Waals surface area (Å²) in [6, 6.07) is 24.3. The lowest BCUT2D eigenvalue weighted by atomic mass is 9.74. The highest BCUT2D eigenvalue weighted by molar-refractivity contribution is 9.10. The Kier molecular flexibility index (Phi) is 11.9. The standard InChI is InChI=1S/C25H26N4O2S.C23H27BrN4O2/c1-25(10-12-26-13-11-25)21-8-6-18(7-9-21)20-15-27-24-23(16-28-29(24)17-20)19-4-3-5-22(14-19)32(2,30)31;1-22(2,3)30-21(29)27-11-9-23(4,10-12-27)18-7-5-16(6-8-18)17-13-25-20-19(24)14-26-28(20)15-17/h3-9,14-17,26H,10-13H2,1-2H3;5-8,13-15H,9-12H2,1-4H3. The van der Waals surface area contributed by atoms with Gasteiger partial charge in [-0.3, -0.25) is 0 Å². The molecular formula is C48H53BrN8O4S. The average molecular weight is 918 g/mol. The van der Waals surface area contributed by atoms with Crippen molar-refractivity contribution in [3.8, 4) is 33.4 Å². The Hall–Kier alpha value is -5.44. The number of carbonyl (C=O) groups is 1. The molecule has 322 valence electrons. The van der Waals surface area contributed by atoms with Crippen molar-refractivity contribution in [2.24, 2.45) is 0 Å². The summed E-state index contributed by atoms with van der Waals surface area (Å²) >= 11 is 3.46. The zero-order valence-corrected chi connectivity index (χ0v) is 38.5. The monoisotopic (exact) mass is 916 g/mol. The number of ether oxygens (including phenoxy) is 1. The zero-order valence-electron chi connectivity index (χ0n) is 36.1. The summed E-state index contributed by atoms with van der Waals surface area (Å²) in [5.74, 6) is 0. The van der Waals surface area contributed by atoms with Crippen molar-refractivity contribution in [2.45, 2.75) is 81.6 Å². The number of aromatic nitrogens is 6. The fourth-order valence-corrected chi connectivity index (χ4v) is 9.35. The van der Waals surface area contributed by atoms with Gasteiger partial charge in [-0.25, -0.2) is 32.2 Å². The molecule has 1 amide bonds. The van der Waals surface area contributed by atoms with Crippen molar-refractivity contribution in [1.29, 1.82) is 0 Å². The van der Waals surface area contributed by atoms with Gasteiger partial charge in [0.05, 0.1) is 21.8 Å². The van der Waals surface area contributed by atoms with E-state index >= 15 is 0 Å². The lowest BCUT2D eigenvalue weighted by Gasteiger charge is -2.40. The second-order valence-corrected chi connectivity index (χ2v) is 20.9. The first-order valence-electron chi connectivity index (χ1n) is 21.0. The molecule has 6 heterocycles. The van der Waals surface area contributed by atoms with Crippen molar-refractivity contribution in [3.63, 3.8) is 0 Å². The quantitative estimate of drug-likeness (QED) is 0.173. The van der Waals surface area contributed by atoms with Gasteiger partial charge in [0.25, 0.3) is 0 Å². The Labute approximate surface area is 371 Å². The molecule has 14 heteroatoms. The van der Waals surface area contributed by atoms with Crippen LogP contribution in [0.1, 0.15) is 71.4 Å². The van der Waals surface area contributed by atoms with E-state index in [-0.39, 0.29) is 21.8 Å². The molecule has 0 spiro atoms. The lowest BCUT2D eigenvalue weighted by Crippen LogP contribution is -2.45. The maximum Gasteiger partial charge on any atom is 0.410 e. The number of sulfone groups is 1. The van der Waals surface area contributed by atoms with Gasteiger partial charge in [-0.15, -0.1) is 0 Å². The predicted molar refractivity (Wildman–Crippen MR) is 247 cm³/mol. The number of halogens is 1. The van der Waals surface area contributed by atoms with E-state index < -0.39 is 15.4 Å². The molecule has 9 rings (SSSR count). The van der Waals surface area contributed by atoms with Crippen molar-refractivity contribution < 1.29 is 17.9 Å². The Morgan fingerprint density at radius 1 is 0.710 bits per heavy atom. The van der Waals surface area contributed by atoms with Crippen molar-refractivity contribution in [3.05, 3.63) is 126 Å². The maximum atomic E-state index is 12.3. The number of rotatable bonds is 6. The second-order valence-electron chi connectivity index (χ2n) is 18.1. The van der Waals surface area contributed by atoms with Crippen LogP contribution in [0.3, 0.4) is 0 Å². The van der Waals surface area contributed by atoms with Gasteiger partial charge < -0.3 is 15.0 Å². The summed E-state index contributed by atoms with van der Waals surface area (Å²) in [5, 5.41) is 12.2. The lowest BCUT2D eigenvalue weighted by molar-refractivity contribution is 0.0172. The number of carbonyl (C=O) groups excluding carboxylic acids is 1. The highest BCUT2D eigenvalue weighted by Crippen LogP contribution is 2.37. The van der Waals surface area contributed by atoms with Crippen LogP contribution in [0, 0.1) is 0 Å². The SMILES string of the molecule is CC(C)(C)OC(=O)N1CCC(C)(c2ccc(-c3cnc4c(Br)cnn4c3)cc2)CC1.CC1(c2ccc(-c3cnc4c(-c5cccc(S(C)(=O)=O)c5)cnn4c3)cc2)CCNCC1. The Morgan fingerprint density at radius 3 is 1.81 bits per heavy atom. The topological polar surface area (TPSA) is 136 Å². The van der Waals surface area contributed by atoms with Gasteiger partial charge in [0.2, 0.25) is 0 Å². The third-order valence-electron chi connectivity index (χ3n) is 12.3. The van der Waals surface area contributed by atoms with Gasteiger partial charge in [0, 0.05) is 60.8 Å². The predicted octanol–water partition coefficient (Wildman–Crippen LogP) is 9.56. The summed E-state index contributed by atoms with van der Waals surface area (Å²) in [6.07, 6.45) is 16.3. The molecule has 1 N–H and O–H groups in total. The van der Waals surface area contributed by atoms with E-state index in [0.717, 1.165) is 82.3 Å². The summed E-state index contributed by atoms with van der Waals surface area (Å²) in [4.78, 5) is 23.6. The van der Waals surface area contributed by atoms with E-state index in [9.17, 15) is 13.2 Å². The molecule has 2 fully saturated rings. The highest BCUT2D eigenvalue weighted by atomic mass is 79.9. The molecule has 0 aliphatic carbocycles. The van der Waals surface area contributed by atoms with E-state index in [0.29, 0.717) is 18.7 Å². The number of amides is 1. The summed E-state index contributed by atoms with van der Waals surface area (Å²) < 4.78 is 33.8. The van der Waals surface area contributed by atoms with Gasteiger partial charge in [0.1, 0.15) is 5.60 Å². The normalized spacial score (nSPS) is 16.5. The van der Waals surface area contributed by atoms with Crippen molar-refractivity contribution >= 4 is 43.2 Å². The van der Waals surface area contributed by atoms with Crippen LogP contribution >= 0.6 is 15.9 Å². The molecule has 0 bridgehead atoms. The molecule has 0 unspecified atom stereocenters. The number of fused-ring (bicyclic) bond motifs is 2. The molecule has 3 aromatic carbocycles. The van der Waals surface area contributed by atoms with Crippen LogP contribution in [0.2, 0.25) is 0 Å². The molecule has 4 aromatic heterocycles. The highest BCUT2D eigenvalue weighted by Gasteiger charge is 2.35. The van der Waals surface area contributed by atoms with Gasteiger partial charge in [0.15, 0.2) is 21.1 Å². The largest absolute Gasteiger partial charge is 0.444 e. The Morgan fingerprint density at radius 2 is 1.24 bits per heavy atom. The van der Waals surface area contributed by atoms with E-state index in [1.54, 1.807) is 39.6 Å². The van der Waals surface area contributed by atoms with Crippen LogP contribution in [0.4, 0.5) is 4.79 Å². The van der Waals surface area contributed by atoms with E-state index in [1.165, 1.54) is 17.4 Å². The minimum atomic E-state index is -3.28. The van der Waals surface area contributed by atoms with E-state index in [1.807, 2.05) is 56.5 Å². The molecule has 0 radical (unpaired) electrons. The first-order chi connectivity index (χ1) is 29.5. The summed E-state index contributed by atoms with van der Waals surface area (Å²) in [5.41, 5.74) is 9.78. The Bertz CT molecular complexity index is 2840. The third kappa shape index (κ3) is 9.32. The van der Waals surface area contributed by atoms with Gasteiger partial charge in [-0.05, 0) is 126 Å². The fraction of sp³-hybridized carbons (Fsp3) is 0.354. The molecule has 0 atom stereocenters. The summed E-state index contributed by atoms with van der Waals surface area (Å²) in [7, 11) is -3.28. The van der Waals surface area contributed by atoms with Crippen molar-refractivity contribution in [1.82, 2.24) is 39.4 Å². The number of benzene rings is 3. The zero-order chi connectivity index (χ0) is 43.9. The van der Waals surface area contributed by atoms with Crippen LogP contribution in [0.25, 0.3) is 44.7 Å². The van der Waals surface area contributed by atoms with Crippen LogP contribution in [-0.4, -0.2) is 86.6 Å². The maximum absolute atomic E-state index is 12.3. The first kappa shape index (κ1) is 43.2. The minimum absolute atomic E-state index is 0.0477. The average Bonchev–Trinajstić information content (AvgIpc) is 3.86. The molecular weight excluding hydrogens is 865 g/mol. The molecule has 62 heavy (non-hydrogen) atoms. The van der Waals surface area contributed by atoms with E-state index in [2.05, 4.69) is 104 Å². The molecule has 0 saturated carbocycles. The number of nitrogens with zero attached hydrogens (tertiary/aromatic N) is 7. The Balaban J connectivity index is 0.000000171. The minimum Gasteiger partial charge on any atom is -0.444 e. The number of piperidine rings is 2. The summed E-state index contributed by atoms with van der Waals surface area (Å²) in [6.45, 7) is 13.9. The van der Waals surface area contributed by atoms with Crippen molar-refractivity contribution in [2.75, 3.05) is 32.4 Å². The van der Waals surface area contributed by atoms with Gasteiger partial charge in [-0.2, -0.15) is 10.2 Å². The molecule has 2 aliphatic rings. The van der Waals surface area contributed by atoms with Crippen LogP contribution in [-0.2, 0) is 25.4 Å².